The Morgan fingerprint density at radius 2 is 2.04 bits per heavy atom. The molecule has 0 atom stereocenters. The summed E-state index contributed by atoms with van der Waals surface area (Å²) in [6.45, 7) is 0.202. The fraction of sp³-hybridized carbons (Fsp3) is 0.118. The van der Waals surface area contributed by atoms with Crippen molar-refractivity contribution in [3.05, 3.63) is 64.5 Å². The molecule has 1 amide bonds. The number of benzene rings is 1. The molecule has 0 saturated heterocycles. The van der Waals surface area contributed by atoms with Gasteiger partial charge in [-0.3, -0.25) is 4.79 Å². The van der Waals surface area contributed by atoms with Gasteiger partial charge in [-0.25, -0.2) is 14.4 Å². The number of carbonyl (C=O) groups is 1. The van der Waals surface area contributed by atoms with Gasteiger partial charge in [0.2, 0.25) is 5.88 Å². The summed E-state index contributed by atoms with van der Waals surface area (Å²) in [7, 11) is 1.52. The van der Waals surface area contributed by atoms with Crippen LogP contribution in [-0.2, 0) is 6.61 Å². The number of hydrogen-bond donors (Lipinski definition) is 1. The van der Waals surface area contributed by atoms with E-state index in [1.165, 1.54) is 48.9 Å². The van der Waals surface area contributed by atoms with Crippen LogP contribution in [0.1, 0.15) is 15.5 Å². The molecule has 8 heteroatoms. The molecule has 6 nitrogen and oxygen atoms in total. The molecule has 0 saturated carbocycles. The molecule has 0 radical (unpaired) electrons. The minimum Gasteiger partial charge on any atom is -0.486 e. The fourth-order valence-corrected chi connectivity index (χ4v) is 2.61. The number of hydrogen-bond acceptors (Lipinski definition) is 6. The average Bonchev–Trinajstić information content (AvgIpc) is 3.11. The Balaban J connectivity index is 1.58. The van der Waals surface area contributed by atoms with Crippen LogP contribution in [0.2, 0.25) is 0 Å². The Bertz CT molecular complexity index is 850. The molecule has 0 aliphatic heterocycles. The number of rotatable bonds is 6. The van der Waals surface area contributed by atoms with Gasteiger partial charge in [0.25, 0.3) is 5.91 Å². The van der Waals surface area contributed by atoms with Crippen LogP contribution in [0.3, 0.4) is 0 Å². The van der Waals surface area contributed by atoms with E-state index >= 15 is 0 Å². The number of aromatic nitrogens is 2. The van der Waals surface area contributed by atoms with Gasteiger partial charge in [-0.05, 0) is 30.3 Å². The van der Waals surface area contributed by atoms with E-state index in [0.717, 1.165) is 0 Å². The van der Waals surface area contributed by atoms with Gasteiger partial charge >= 0.3 is 0 Å². The van der Waals surface area contributed by atoms with Crippen LogP contribution >= 0.6 is 11.3 Å². The molecular weight excluding hydrogens is 345 g/mol. The standard InChI is InChI=1S/C17H14FN3O3S/c1-23-15-7-4-12(8-19-15)20-17(22)14-10-25-16(21-14)9-24-13-5-2-11(18)3-6-13/h2-8,10H,9H2,1H3,(H,20,22). The predicted molar refractivity (Wildman–Crippen MR) is 91.6 cm³/mol. The second-order valence-electron chi connectivity index (χ2n) is 4.91. The zero-order chi connectivity index (χ0) is 17.6. The van der Waals surface area contributed by atoms with E-state index in [-0.39, 0.29) is 18.3 Å². The number of nitrogens with zero attached hydrogens (tertiary/aromatic N) is 2. The summed E-state index contributed by atoms with van der Waals surface area (Å²) < 4.78 is 23.3. The molecule has 25 heavy (non-hydrogen) atoms. The third-order valence-corrected chi connectivity index (χ3v) is 3.99. The van der Waals surface area contributed by atoms with Crippen molar-refractivity contribution in [3.8, 4) is 11.6 Å². The number of anilines is 1. The van der Waals surface area contributed by atoms with Crippen LogP contribution in [0.15, 0.2) is 48.0 Å². The number of methoxy groups -OCH3 is 1. The first-order valence-corrected chi connectivity index (χ1v) is 8.16. The Kier molecular flexibility index (Phi) is 5.20. The van der Waals surface area contributed by atoms with E-state index in [2.05, 4.69) is 15.3 Å². The summed E-state index contributed by atoms with van der Waals surface area (Å²) >= 11 is 1.31. The van der Waals surface area contributed by atoms with E-state index in [4.69, 9.17) is 9.47 Å². The second-order valence-corrected chi connectivity index (χ2v) is 5.86. The molecule has 0 aliphatic rings. The van der Waals surface area contributed by atoms with Crippen LogP contribution < -0.4 is 14.8 Å². The maximum absolute atomic E-state index is 12.8. The van der Waals surface area contributed by atoms with Crippen molar-refractivity contribution < 1.29 is 18.7 Å². The molecular formula is C17H14FN3O3S. The summed E-state index contributed by atoms with van der Waals surface area (Å²) in [5.41, 5.74) is 0.835. The highest BCUT2D eigenvalue weighted by atomic mass is 32.1. The van der Waals surface area contributed by atoms with Gasteiger partial charge in [-0.2, -0.15) is 0 Å². The quantitative estimate of drug-likeness (QED) is 0.729. The molecule has 3 rings (SSSR count). The summed E-state index contributed by atoms with van der Waals surface area (Å²) in [4.78, 5) is 20.4. The highest BCUT2D eigenvalue weighted by Gasteiger charge is 2.12. The zero-order valence-electron chi connectivity index (χ0n) is 13.2. The largest absolute Gasteiger partial charge is 0.486 e. The summed E-state index contributed by atoms with van der Waals surface area (Å²) in [6.07, 6.45) is 1.50. The number of thiazole rings is 1. The van der Waals surface area contributed by atoms with Crippen molar-refractivity contribution in [1.82, 2.24) is 9.97 Å². The SMILES string of the molecule is COc1ccc(NC(=O)c2csc(COc3ccc(F)cc3)n2)cn1. The van der Waals surface area contributed by atoms with Crippen LogP contribution in [0.4, 0.5) is 10.1 Å². The van der Waals surface area contributed by atoms with E-state index in [9.17, 15) is 9.18 Å². The molecule has 3 aromatic rings. The second kappa shape index (κ2) is 7.71. The van der Waals surface area contributed by atoms with E-state index in [1.54, 1.807) is 17.5 Å². The van der Waals surface area contributed by atoms with Crippen molar-refractivity contribution in [1.29, 1.82) is 0 Å². The maximum Gasteiger partial charge on any atom is 0.275 e. The molecule has 128 valence electrons. The third kappa shape index (κ3) is 4.51. The number of pyridine rings is 1. The maximum atomic E-state index is 12.8. The molecule has 0 unspecified atom stereocenters. The Morgan fingerprint density at radius 1 is 1.24 bits per heavy atom. The topological polar surface area (TPSA) is 73.3 Å². The Labute approximate surface area is 147 Å². The lowest BCUT2D eigenvalue weighted by Gasteiger charge is -2.04. The predicted octanol–water partition coefficient (Wildman–Crippen LogP) is 3.52. The van der Waals surface area contributed by atoms with Gasteiger partial charge in [0.15, 0.2) is 0 Å². The van der Waals surface area contributed by atoms with Crippen molar-refractivity contribution in [2.45, 2.75) is 6.61 Å². The molecule has 0 fully saturated rings. The lowest BCUT2D eigenvalue weighted by molar-refractivity contribution is 0.102. The fourth-order valence-electron chi connectivity index (χ4n) is 1.93. The molecule has 0 spiro atoms. The molecule has 1 aromatic carbocycles. The number of ether oxygens (including phenoxy) is 2. The Morgan fingerprint density at radius 3 is 2.72 bits per heavy atom. The normalized spacial score (nSPS) is 10.3. The van der Waals surface area contributed by atoms with E-state index in [0.29, 0.717) is 28.0 Å². The Hall–Kier alpha value is -3.00. The molecule has 0 bridgehead atoms. The van der Waals surface area contributed by atoms with E-state index in [1.807, 2.05) is 0 Å². The van der Waals surface area contributed by atoms with Gasteiger partial charge in [0, 0.05) is 11.4 Å². The molecule has 0 aliphatic carbocycles. The van der Waals surface area contributed by atoms with Gasteiger partial charge < -0.3 is 14.8 Å². The first-order valence-electron chi connectivity index (χ1n) is 7.28. The van der Waals surface area contributed by atoms with E-state index < -0.39 is 0 Å². The monoisotopic (exact) mass is 359 g/mol. The summed E-state index contributed by atoms with van der Waals surface area (Å²) in [5, 5.41) is 5.00. The van der Waals surface area contributed by atoms with Gasteiger partial charge in [-0.15, -0.1) is 11.3 Å². The van der Waals surface area contributed by atoms with Crippen molar-refractivity contribution in [3.63, 3.8) is 0 Å². The smallest absolute Gasteiger partial charge is 0.275 e. The lowest BCUT2D eigenvalue weighted by Crippen LogP contribution is -2.12. The highest BCUT2D eigenvalue weighted by molar-refractivity contribution is 7.09. The number of nitrogens with one attached hydrogen (secondary N) is 1. The van der Waals surface area contributed by atoms with Crippen molar-refractivity contribution in [2.75, 3.05) is 12.4 Å². The van der Waals surface area contributed by atoms with Gasteiger partial charge in [0.1, 0.15) is 28.9 Å². The highest BCUT2D eigenvalue weighted by Crippen LogP contribution is 2.17. The molecule has 2 heterocycles. The first kappa shape index (κ1) is 16.8. The minimum absolute atomic E-state index is 0.202. The molecule has 2 aromatic heterocycles. The number of halogens is 1. The minimum atomic E-state index is -0.337. The summed E-state index contributed by atoms with van der Waals surface area (Å²) in [5.74, 6) is 0.337. The molecule has 1 N–H and O–H groups in total. The van der Waals surface area contributed by atoms with Gasteiger partial charge in [0.05, 0.1) is 19.0 Å². The third-order valence-electron chi connectivity index (χ3n) is 3.16. The van der Waals surface area contributed by atoms with Crippen LogP contribution in [0.5, 0.6) is 11.6 Å². The number of carbonyl (C=O) groups excluding carboxylic acids is 1. The average molecular weight is 359 g/mol. The van der Waals surface area contributed by atoms with Crippen molar-refractivity contribution >= 4 is 22.9 Å². The number of amides is 1. The van der Waals surface area contributed by atoms with Crippen LogP contribution in [-0.4, -0.2) is 23.0 Å². The van der Waals surface area contributed by atoms with Crippen LogP contribution in [0, 0.1) is 5.82 Å². The summed E-state index contributed by atoms with van der Waals surface area (Å²) in [6, 6.07) is 9.05. The zero-order valence-corrected chi connectivity index (χ0v) is 14.0. The van der Waals surface area contributed by atoms with Crippen molar-refractivity contribution in [2.24, 2.45) is 0 Å². The van der Waals surface area contributed by atoms with Gasteiger partial charge in [-0.1, -0.05) is 0 Å². The lowest BCUT2D eigenvalue weighted by atomic mass is 10.3. The van der Waals surface area contributed by atoms with Crippen LogP contribution in [0.25, 0.3) is 0 Å². The first-order chi connectivity index (χ1) is 12.1.